The number of carboxylic acid groups (broad SMARTS) is 1. The van der Waals surface area contributed by atoms with Crippen LogP contribution in [0.15, 0.2) is 0 Å². The second kappa shape index (κ2) is 12.7. The topological polar surface area (TPSA) is 40.5 Å². The van der Waals surface area contributed by atoms with Crippen molar-refractivity contribution in [3.8, 4) is 0 Å². The number of unbranched alkanes of at least 4 members (excludes halogenated alkanes) is 9. The minimum absolute atomic E-state index is 0.241. The van der Waals surface area contributed by atoms with Crippen LogP contribution < -0.4 is 0 Å². The Labute approximate surface area is 156 Å². The van der Waals surface area contributed by atoms with Crippen molar-refractivity contribution in [2.24, 2.45) is 0 Å². The average molecular weight is 356 g/mol. The largest absolute Gasteiger partial charge is 0.513 e. The van der Waals surface area contributed by atoms with E-state index in [1.165, 1.54) is 64.2 Å². The molecule has 1 unspecified atom stereocenters. The van der Waals surface area contributed by atoms with E-state index < -0.39 is 6.09 Å². The number of quaternary nitrogens is 1. The van der Waals surface area contributed by atoms with Crippen LogP contribution in [-0.4, -0.2) is 59.3 Å². The number of hydrogen-bond acceptors (Lipinski definition) is 2. The lowest BCUT2D eigenvalue weighted by molar-refractivity contribution is -0.885. The van der Waals surface area contributed by atoms with Crippen LogP contribution in [0.3, 0.4) is 0 Å². The molecule has 0 aromatic carbocycles. The number of rotatable bonds is 13. The van der Waals surface area contributed by atoms with Crippen molar-refractivity contribution in [1.82, 2.24) is 4.90 Å². The second-order valence-electron chi connectivity index (χ2n) is 8.02. The Morgan fingerprint density at radius 2 is 1.40 bits per heavy atom. The van der Waals surface area contributed by atoms with E-state index in [2.05, 4.69) is 25.7 Å². The third-order valence-corrected chi connectivity index (χ3v) is 6.28. The van der Waals surface area contributed by atoms with E-state index in [4.69, 9.17) is 0 Å². The number of piperazine rings is 1. The van der Waals surface area contributed by atoms with Gasteiger partial charge in [-0.25, -0.2) is 4.48 Å². The zero-order valence-electron chi connectivity index (χ0n) is 17.1. The van der Waals surface area contributed by atoms with E-state index in [1.54, 1.807) is 0 Å². The number of likely N-dealkylation sites (N-methyl/N-ethyl adjacent to an activating group) is 1. The molecular formula is C21H43N2O2+. The van der Waals surface area contributed by atoms with Crippen LogP contribution in [0, 0.1) is 0 Å². The summed E-state index contributed by atoms with van der Waals surface area (Å²) in [7, 11) is 0. The number of carbonyl (C=O) groups is 1. The lowest BCUT2D eigenvalue weighted by Crippen LogP contribution is -2.65. The molecule has 4 nitrogen and oxygen atoms in total. The van der Waals surface area contributed by atoms with Gasteiger partial charge >= 0.3 is 6.09 Å². The van der Waals surface area contributed by atoms with E-state index >= 15 is 0 Å². The fourth-order valence-electron chi connectivity index (χ4n) is 4.17. The van der Waals surface area contributed by atoms with E-state index in [0.717, 1.165) is 39.1 Å². The molecule has 1 atom stereocenters. The molecule has 0 spiro atoms. The van der Waals surface area contributed by atoms with Crippen molar-refractivity contribution in [3.63, 3.8) is 0 Å². The molecule has 0 radical (unpaired) electrons. The highest BCUT2D eigenvalue weighted by molar-refractivity contribution is 5.57. The van der Waals surface area contributed by atoms with Gasteiger partial charge in [-0.2, -0.15) is 4.79 Å². The van der Waals surface area contributed by atoms with E-state index in [0.29, 0.717) is 0 Å². The first-order valence-electron chi connectivity index (χ1n) is 10.9. The average Bonchev–Trinajstić information content (AvgIpc) is 2.62. The summed E-state index contributed by atoms with van der Waals surface area (Å²) < 4.78 is 0.286. The molecule has 1 fully saturated rings. The minimum Gasteiger partial charge on any atom is -0.435 e. The zero-order chi connectivity index (χ0) is 18.5. The minimum atomic E-state index is -0.615. The predicted octanol–water partition coefficient (Wildman–Crippen LogP) is 5.52. The molecule has 1 heterocycles. The maximum atomic E-state index is 11.9. The highest BCUT2D eigenvalue weighted by atomic mass is 16.4. The van der Waals surface area contributed by atoms with Crippen molar-refractivity contribution < 1.29 is 14.4 Å². The normalized spacial score (nSPS) is 19.0. The van der Waals surface area contributed by atoms with Crippen LogP contribution in [-0.2, 0) is 0 Å². The molecule has 0 aromatic heterocycles. The third kappa shape index (κ3) is 7.65. The molecule has 0 bridgehead atoms. The van der Waals surface area contributed by atoms with Gasteiger partial charge in [0.25, 0.3) is 0 Å². The van der Waals surface area contributed by atoms with Crippen LogP contribution in [0.25, 0.3) is 0 Å². The monoisotopic (exact) mass is 355 g/mol. The van der Waals surface area contributed by atoms with Gasteiger partial charge in [-0.15, -0.1) is 0 Å². The van der Waals surface area contributed by atoms with Crippen LogP contribution in [0.4, 0.5) is 4.79 Å². The van der Waals surface area contributed by atoms with Crippen molar-refractivity contribution in [1.29, 1.82) is 0 Å². The molecule has 0 aromatic rings. The van der Waals surface area contributed by atoms with Crippen molar-refractivity contribution in [3.05, 3.63) is 0 Å². The van der Waals surface area contributed by atoms with Gasteiger partial charge in [-0.1, -0.05) is 71.6 Å². The molecule has 0 aliphatic carbocycles. The highest BCUT2D eigenvalue weighted by Crippen LogP contribution is 2.23. The second-order valence-corrected chi connectivity index (χ2v) is 8.02. The maximum Gasteiger partial charge on any atom is 0.513 e. The summed E-state index contributed by atoms with van der Waals surface area (Å²) in [4.78, 5) is 14.3. The van der Waals surface area contributed by atoms with E-state index in [1.807, 2.05) is 0 Å². The summed E-state index contributed by atoms with van der Waals surface area (Å²) >= 11 is 0. The van der Waals surface area contributed by atoms with Gasteiger partial charge in [0.2, 0.25) is 0 Å². The first-order valence-corrected chi connectivity index (χ1v) is 10.9. The van der Waals surface area contributed by atoms with Gasteiger partial charge in [0.1, 0.15) is 13.1 Å². The van der Waals surface area contributed by atoms with Crippen LogP contribution >= 0.6 is 0 Å². The molecule has 1 aliphatic rings. The van der Waals surface area contributed by atoms with Crippen LogP contribution in [0.5, 0.6) is 0 Å². The van der Waals surface area contributed by atoms with Crippen molar-refractivity contribution >= 4 is 6.09 Å². The van der Waals surface area contributed by atoms with Gasteiger partial charge < -0.3 is 5.11 Å². The Balaban J connectivity index is 2.17. The van der Waals surface area contributed by atoms with Crippen molar-refractivity contribution in [2.75, 3.05) is 32.7 Å². The molecule has 4 heteroatoms. The number of nitrogens with zero attached hydrogens (tertiary/aromatic N) is 2. The SMILES string of the molecule is CCCCCCCCCCCCC(C)[N+]1(C(=O)O)CCN(CC)CC1. The standard InChI is InChI=1S/C21H42N2O2/c1-4-6-7-8-9-10-11-12-13-14-15-20(3)23(21(24)25)18-16-22(5-2)17-19-23/h20H,4-19H2,1-3H3/p+1. The molecule has 1 aliphatic heterocycles. The molecule has 0 saturated carbocycles. The lowest BCUT2D eigenvalue weighted by Gasteiger charge is -2.44. The summed E-state index contributed by atoms with van der Waals surface area (Å²) in [5.74, 6) is 0. The summed E-state index contributed by atoms with van der Waals surface area (Å²) in [6, 6.07) is 0.241. The van der Waals surface area contributed by atoms with Gasteiger partial charge in [-0.05, 0) is 26.3 Å². The Morgan fingerprint density at radius 3 is 1.84 bits per heavy atom. The Morgan fingerprint density at radius 1 is 0.920 bits per heavy atom. The maximum absolute atomic E-state index is 11.9. The molecular weight excluding hydrogens is 312 g/mol. The molecule has 1 N–H and O–H groups in total. The van der Waals surface area contributed by atoms with E-state index in [-0.39, 0.29) is 10.5 Å². The van der Waals surface area contributed by atoms with Gasteiger partial charge in [-0.3, -0.25) is 4.90 Å². The zero-order valence-corrected chi connectivity index (χ0v) is 17.1. The summed E-state index contributed by atoms with van der Waals surface area (Å²) in [6.45, 7) is 11.0. The first-order chi connectivity index (χ1) is 12.1. The molecule has 1 saturated heterocycles. The number of hydrogen-bond donors (Lipinski definition) is 1. The summed E-state index contributed by atoms with van der Waals surface area (Å²) in [5, 5.41) is 9.83. The fraction of sp³-hybridized carbons (Fsp3) is 0.952. The van der Waals surface area contributed by atoms with Gasteiger partial charge in [0, 0.05) is 13.1 Å². The molecule has 1 rings (SSSR count). The van der Waals surface area contributed by atoms with Gasteiger partial charge in [0.15, 0.2) is 0 Å². The fourth-order valence-corrected chi connectivity index (χ4v) is 4.17. The molecule has 1 amide bonds. The quantitative estimate of drug-likeness (QED) is 0.349. The smallest absolute Gasteiger partial charge is 0.435 e. The third-order valence-electron chi connectivity index (χ3n) is 6.28. The predicted molar refractivity (Wildman–Crippen MR) is 106 cm³/mol. The Kier molecular flexibility index (Phi) is 11.4. The van der Waals surface area contributed by atoms with Crippen LogP contribution in [0.1, 0.15) is 91.4 Å². The molecule has 148 valence electrons. The number of amides is 1. The van der Waals surface area contributed by atoms with Crippen molar-refractivity contribution in [2.45, 2.75) is 97.4 Å². The first kappa shape index (κ1) is 22.4. The van der Waals surface area contributed by atoms with Gasteiger partial charge in [0.05, 0.1) is 6.04 Å². The lowest BCUT2D eigenvalue weighted by atomic mass is 10.0. The Bertz CT molecular complexity index is 352. The van der Waals surface area contributed by atoms with E-state index in [9.17, 15) is 9.90 Å². The highest BCUT2D eigenvalue weighted by Gasteiger charge is 2.44. The summed E-state index contributed by atoms with van der Waals surface area (Å²) in [6.07, 6.45) is 13.8. The Hall–Kier alpha value is -0.610. The van der Waals surface area contributed by atoms with Crippen LogP contribution in [0.2, 0.25) is 0 Å². The molecule has 25 heavy (non-hydrogen) atoms. The summed E-state index contributed by atoms with van der Waals surface area (Å²) in [5.41, 5.74) is 0.